The zero-order chi connectivity index (χ0) is 10.6. The molecule has 0 aliphatic heterocycles. The van der Waals surface area contributed by atoms with Gasteiger partial charge in [0.25, 0.3) is 0 Å². The van der Waals surface area contributed by atoms with E-state index in [1.165, 1.54) is 12.8 Å². The molecule has 0 saturated heterocycles. The highest BCUT2D eigenvalue weighted by molar-refractivity contribution is 8.00. The largest absolute Gasteiger partial charge is 0.396 e. The number of hydrogen-bond acceptors (Lipinski definition) is 3. The first-order chi connectivity index (χ1) is 6.69. The molecule has 4 atom stereocenters. The fraction of sp³-hybridized carbons (Fsp3) is 1.00. The maximum atomic E-state index is 8.85. The van der Waals surface area contributed by atoms with Crippen molar-refractivity contribution in [3.63, 3.8) is 0 Å². The maximum absolute atomic E-state index is 8.85. The summed E-state index contributed by atoms with van der Waals surface area (Å²) >= 11 is 1.93. The molecule has 4 unspecified atom stereocenters. The topological polar surface area (TPSA) is 32.3 Å². The lowest BCUT2D eigenvalue weighted by Gasteiger charge is -2.39. The van der Waals surface area contributed by atoms with E-state index in [4.69, 9.17) is 5.11 Å². The van der Waals surface area contributed by atoms with Gasteiger partial charge in [0.05, 0.1) is 6.61 Å². The second-order valence-electron chi connectivity index (χ2n) is 4.51. The van der Waals surface area contributed by atoms with E-state index in [-0.39, 0.29) is 0 Å². The molecule has 0 bridgehead atoms. The molecule has 3 heteroatoms. The first kappa shape index (κ1) is 12.3. The predicted molar refractivity (Wildman–Crippen MR) is 63.7 cm³/mol. The van der Waals surface area contributed by atoms with Gasteiger partial charge in [0.1, 0.15) is 0 Å². The number of rotatable bonds is 4. The van der Waals surface area contributed by atoms with E-state index < -0.39 is 0 Å². The van der Waals surface area contributed by atoms with Crippen molar-refractivity contribution in [2.75, 3.05) is 19.4 Å². The molecule has 0 radical (unpaired) electrons. The average molecular weight is 217 g/mol. The molecular formula is C11H23NOS. The van der Waals surface area contributed by atoms with Crippen LogP contribution < -0.4 is 5.32 Å². The van der Waals surface area contributed by atoms with Crippen molar-refractivity contribution in [1.29, 1.82) is 0 Å². The summed E-state index contributed by atoms with van der Waals surface area (Å²) in [6.45, 7) is 4.99. The molecule has 1 aliphatic carbocycles. The third-order valence-corrected chi connectivity index (χ3v) is 4.76. The lowest BCUT2D eigenvalue weighted by atomic mass is 9.80. The smallest absolute Gasteiger partial charge is 0.0521 e. The normalized spacial score (nSPS) is 38.6. The molecule has 2 nitrogen and oxygen atoms in total. The number of aliphatic hydroxyl groups is 1. The highest BCUT2D eigenvalue weighted by Crippen LogP contribution is 2.36. The van der Waals surface area contributed by atoms with Crippen LogP contribution in [0.2, 0.25) is 0 Å². The molecular weight excluding hydrogens is 194 g/mol. The van der Waals surface area contributed by atoms with Gasteiger partial charge in [-0.15, -0.1) is 0 Å². The fourth-order valence-corrected chi connectivity index (χ4v) is 3.88. The summed E-state index contributed by atoms with van der Waals surface area (Å²) in [7, 11) is 2.06. The van der Waals surface area contributed by atoms with Crippen molar-refractivity contribution in [2.45, 2.75) is 38.0 Å². The third-order valence-electron chi connectivity index (χ3n) is 3.16. The van der Waals surface area contributed by atoms with Crippen LogP contribution in [0.3, 0.4) is 0 Å². The van der Waals surface area contributed by atoms with Gasteiger partial charge in [-0.25, -0.2) is 0 Å². The standard InChI is InChI=1S/C11H23NOS/c1-8-6-9(2)11(14-5-4-13)10(7-8)12-3/h8-13H,4-7H2,1-3H3. The Morgan fingerprint density at radius 3 is 2.64 bits per heavy atom. The number of thioether (sulfide) groups is 1. The van der Waals surface area contributed by atoms with Gasteiger partial charge >= 0.3 is 0 Å². The average Bonchev–Trinajstić information content (AvgIpc) is 2.15. The summed E-state index contributed by atoms with van der Waals surface area (Å²) < 4.78 is 0. The van der Waals surface area contributed by atoms with Crippen LogP contribution in [0.4, 0.5) is 0 Å². The molecule has 0 aromatic carbocycles. The molecule has 1 rings (SSSR count). The number of nitrogens with one attached hydrogen (secondary N) is 1. The molecule has 0 aromatic rings. The van der Waals surface area contributed by atoms with Crippen molar-refractivity contribution < 1.29 is 5.11 Å². The van der Waals surface area contributed by atoms with Crippen LogP contribution in [0, 0.1) is 11.8 Å². The number of hydrogen-bond donors (Lipinski definition) is 2. The van der Waals surface area contributed by atoms with Gasteiger partial charge < -0.3 is 10.4 Å². The van der Waals surface area contributed by atoms with Gasteiger partial charge in [-0.3, -0.25) is 0 Å². The Labute approximate surface area is 91.9 Å². The first-order valence-corrected chi connectivity index (χ1v) is 6.63. The molecule has 1 aliphatic rings. The molecule has 1 saturated carbocycles. The van der Waals surface area contributed by atoms with Crippen molar-refractivity contribution in [3.8, 4) is 0 Å². The van der Waals surface area contributed by atoms with Gasteiger partial charge in [-0.1, -0.05) is 13.8 Å². The molecule has 0 heterocycles. The second kappa shape index (κ2) is 5.99. The van der Waals surface area contributed by atoms with Crippen LogP contribution in [-0.4, -0.2) is 35.8 Å². The van der Waals surface area contributed by atoms with E-state index in [9.17, 15) is 0 Å². The Morgan fingerprint density at radius 1 is 1.36 bits per heavy atom. The van der Waals surface area contributed by atoms with E-state index >= 15 is 0 Å². The van der Waals surface area contributed by atoms with Gasteiger partial charge in [0.15, 0.2) is 0 Å². The SMILES string of the molecule is CNC1CC(C)CC(C)C1SCCO. The summed E-state index contributed by atoms with van der Waals surface area (Å²) in [5.41, 5.74) is 0. The second-order valence-corrected chi connectivity index (χ2v) is 5.79. The highest BCUT2D eigenvalue weighted by Gasteiger charge is 2.32. The number of aliphatic hydroxyl groups excluding tert-OH is 1. The monoisotopic (exact) mass is 217 g/mol. The van der Waals surface area contributed by atoms with Crippen molar-refractivity contribution in [3.05, 3.63) is 0 Å². The Bertz CT molecular complexity index is 165. The summed E-state index contributed by atoms with van der Waals surface area (Å²) in [5, 5.41) is 13.0. The van der Waals surface area contributed by atoms with Crippen LogP contribution in [0.5, 0.6) is 0 Å². The Balaban J connectivity index is 2.49. The molecule has 2 N–H and O–H groups in total. The third kappa shape index (κ3) is 3.14. The van der Waals surface area contributed by atoms with Crippen LogP contribution in [-0.2, 0) is 0 Å². The molecule has 0 aromatic heterocycles. The van der Waals surface area contributed by atoms with Crippen LogP contribution >= 0.6 is 11.8 Å². The zero-order valence-electron chi connectivity index (χ0n) is 9.49. The summed E-state index contributed by atoms with van der Waals surface area (Å²) in [5.74, 6) is 2.49. The molecule has 84 valence electrons. The molecule has 14 heavy (non-hydrogen) atoms. The zero-order valence-corrected chi connectivity index (χ0v) is 10.3. The Hall–Kier alpha value is 0.270. The molecule has 0 spiro atoms. The minimum atomic E-state index is 0.305. The lowest BCUT2D eigenvalue weighted by molar-refractivity contribution is 0.256. The summed E-state index contributed by atoms with van der Waals surface area (Å²) in [6, 6.07) is 0.630. The fourth-order valence-electron chi connectivity index (χ4n) is 2.58. The quantitative estimate of drug-likeness (QED) is 0.752. The van der Waals surface area contributed by atoms with Gasteiger partial charge in [0.2, 0.25) is 0 Å². The Morgan fingerprint density at radius 2 is 2.07 bits per heavy atom. The van der Waals surface area contributed by atoms with E-state index in [0.29, 0.717) is 17.9 Å². The van der Waals surface area contributed by atoms with Gasteiger partial charge in [-0.2, -0.15) is 11.8 Å². The molecule has 1 fully saturated rings. The van der Waals surface area contributed by atoms with E-state index in [1.807, 2.05) is 11.8 Å². The highest BCUT2D eigenvalue weighted by atomic mass is 32.2. The minimum absolute atomic E-state index is 0.305. The maximum Gasteiger partial charge on any atom is 0.0521 e. The van der Waals surface area contributed by atoms with E-state index in [2.05, 4.69) is 26.2 Å². The Kier molecular flexibility index (Phi) is 5.28. The van der Waals surface area contributed by atoms with Crippen molar-refractivity contribution >= 4 is 11.8 Å². The van der Waals surface area contributed by atoms with E-state index in [0.717, 1.165) is 17.6 Å². The van der Waals surface area contributed by atoms with E-state index in [1.54, 1.807) is 0 Å². The summed E-state index contributed by atoms with van der Waals surface area (Å²) in [4.78, 5) is 0. The van der Waals surface area contributed by atoms with Crippen LogP contribution in [0.25, 0.3) is 0 Å². The minimum Gasteiger partial charge on any atom is -0.396 e. The van der Waals surface area contributed by atoms with Crippen molar-refractivity contribution in [1.82, 2.24) is 5.32 Å². The van der Waals surface area contributed by atoms with Crippen LogP contribution in [0.15, 0.2) is 0 Å². The van der Waals surface area contributed by atoms with Gasteiger partial charge in [0, 0.05) is 17.0 Å². The summed E-state index contributed by atoms with van der Waals surface area (Å²) in [6.07, 6.45) is 2.62. The molecule has 0 amide bonds. The predicted octanol–water partition coefficient (Wildman–Crippen LogP) is 1.73. The van der Waals surface area contributed by atoms with Crippen molar-refractivity contribution in [2.24, 2.45) is 11.8 Å². The lowest BCUT2D eigenvalue weighted by Crippen LogP contribution is -2.45. The van der Waals surface area contributed by atoms with Crippen LogP contribution in [0.1, 0.15) is 26.7 Å². The first-order valence-electron chi connectivity index (χ1n) is 5.58. The van der Waals surface area contributed by atoms with Gasteiger partial charge in [-0.05, 0) is 31.7 Å².